The molecule has 0 saturated heterocycles. The average Bonchev–Trinajstić information content (AvgIpc) is 3.36. The van der Waals surface area contributed by atoms with E-state index in [1.54, 1.807) is 24.6 Å². The normalized spacial score (nSPS) is 10.9. The van der Waals surface area contributed by atoms with Gasteiger partial charge < -0.3 is 19.8 Å². The van der Waals surface area contributed by atoms with Gasteiger partial charge in [-0.3, -0.25) is 4.99 Å². The van der Waals surface area contributed by atoms with Gasteiger partial charge in [0, 0.05) is 13.6 Å². The van der Waals surface area contributed by atoms with Gasteiger partial charge in [0.25, 0.3) is 0 Å². The molecule has 0 unspecified atom stereocenters. The minimum Gasteiger partial charge on any atom is -0.494 e. The van der Waals surface area contributed by atoms with Gasteiger partial charge in [0.2, 0.25) is 5.89 Å². The second-order valence-corrected chi connectivity index (χ2v) is 6.44. The van der Waals surface area contributed by atoms with Crippen LogP contribution in [0.5, 0.6) is 5.75 Å². The first kappa shape index (κ1) is 21.2. The number of oxazole rings is 1. The number of aromatic nitrogens is 1. The van der Waals surface area contributed by atoms with E-state index < -0.39 is 0 Å². The molecule has 3 aromatic rings. The zero-order valence-corrected chi connectivity index (χ0v) is 18.2. The second-order valence-electron chi connectivity index (χ2n) is 5.49. The van der Waals surface area contributed by atoms with Crippen molar-refractivity contribution < 1.29 is 9.15 Å². The molecule has 2 heterocycles. The van der Waals surface area contributed by atoms with E-state index in [0.29, 0.717) is 19.0 Å². The first-order valence-electron chi connectivity index (χ1n) is 8.46. The van der Waals surface area contributed by atoms with Gasteiger partial charge in [-0.1, -0.05) is 24.3 Å². The van der Waals surface area contributed by atoms with E-state index >= 15 is 0 Å². The van der Waals surface area contributed by atoms with Gasteiger partial charge >= 0.3 is 0 Å². The quantitative estimate of drug-likeness (QED) is 0.211. The summed E-state index contributed by atoms with van der Waals surface area (Å²) < 4.78 is 11.2. The van der Waals surface area contributed by atoms with E-state index in [1.165, 1.54) is 0 Å². The van der Waals surface area contributed by atoms with Gasteiger partial charge in [-0.15, -0.1) is 35.3 Å². The fraction of sp³-hybridized carbons (Fsp3) is 0.263. The molecule has 0 radical (unpaired) electrons. The van der Waals surface area contributed by atoms with Gasteiger partial charge in [0.05, 0.1) is 23.7 Å². The summed E-state index contributed by atoms with van der Waals surface area (Å²) in [6, 6.07) is 13.8. The van der Waals surface area contributed by atoms with Crippen LogP contribution in [0, 0.1) is 0 Å². The number of benzene rings is 1. The summed E-state index contributed by atoms with van der Waals surface area (Å²) in [6.07, 6.45) is 2.55. The third-order valence-corrected chi connectivity index (χ3v) is 4.43. The van der Waals surface area contributed by atoms with Crippen molar-refractivity contribution in [2.24, 2.45) is 4.99 Å². The number of para-hydroxylation sites is 1. The Morgan fingerprint density at radius 1 is 1.19 bits per heavy atom. The Kier molecular flexibility index (Phi) is 9.12. The number of halogens is 1. The van der Waals surface area contributed by atoms with E-state index in [9.17, 15) is 0 Å². The minimum absolute atomic E-state index is 0. The highest BCUT2D eigenvalue weighted by Gasteiger charge is 2.08. The molecular formula is C19H23IN4O2S. The van der Waals surface area contributed by atoms with Crippen molar-refractivity contribution in [3.8, 4) is 16.5 Å². The highest BCUT2D eigenvalue weighted by atomic mass is 127. The van der Waals surface area contributed by atoms with Crippen molar-refractivity contribution in [3.05, 3.63) is 59.8 Å². The summed E-state index contributed by atoms with van der Waals surface area (Å²) in [5.41, 5.74) is 0.837. The summed E-state index contributed by atoms with van der Waals surface area (Å²) >= 11 is 1.61. The third-order valence-electron chi connectivity index (χ3n) is 3.57. The van der Waals surface area contributed by atoms with Gasteiger partial charge in [0.15, 0.2) is 5.96 Å². The largest absolute Gasteiger partial charge is 0.494 e. The van der Waals surface area contributed by atoms with Crippen molar-refractivity contribution in [2.75, 3.05) is 20.2 Å². The molecule has 0 amide bonds. The smallest absolute Gasteiger partial charge is 0.236 e. The van der Waals surface area contributed by atoms with Crippen LogP contribution in [-0.4, -0.2) is 31.1 Å². The average molecular weight is 498 g/mol. The lowest BCUT2D eigenvalue weighted by Crippen LogP contribution is -2.37. The summed E-state index contributed by atoms with van der Waals surface area (Å²) in [5, 5.41) is 8.50. The van der Waals surface area contributed by atoms with Crippen molar-refractivity contribution >= 4 is 41.3 Å². The van der Waals surface area contributed by atoms with Gasteiger partial charge in [0.1, 0.15) is 12.0 Å². The Morgan fingerprint density at radius 2 is 2.04 bits per heavy atom. The lowest BCUT2D eigenvalue weighted by Gasteiger charge is -2.11. The Labute approximate surface area is 180 Å². The molecule has 2 aromatic heterocycles. The molecule has 6 nitrogen and oxygen atoms in total. The molecule has 0 aliphatic heterocycles. The van der Waals surface area contributed by atoms with Crippen molar-refractivity contribution in [3.63, 3.8) is 0 Å². The number of hydrogen-bond acceptors (Lipinski definition) is 5. The topological polar surface area (TPSA) is 71.7 Å². The summed E-state index contributed by atoms with van der Waals surface area (Å²) in [4.78, 5) is 9.72. The number of guanidine groups is 1. The van der Waals surface area contributed by atoms with Crippen molar-refractivity contribution in [1.82, 2.24) is 15.6 Å². The molecule has 0 aliphatic rings. The van der Waals surface area contributed by atoms with Gasteiger partial charge in [-0.25, -0.2) is 4.98 Å². The Morgan fingerprint density at radius 3 is 2.78 bits per heavy atom. The molecule has 0 spiro atoms. The predicted molar refractivity (Wildman–Crippen MR) is 120 cm³/mol. The van der Waals surface area contributed by atoms with E-state index in [1.807, 2.05) is 47.8 Å². The molecule has 3 rings (SSSR count). The lowest BCUT2D eigenvalue weighted by atomic mass is 10.3. The second kappa shape index (κ2) is 11.6. The monoisotopic (exact) mass is 498 g/mol. The maximum atomic E-state index is 5.67. The van der Waals surface area contributed by atoms with E-state index in [0.717, 1.165) is 35.2 Å². The molecule has 0 atom stereocenters. The Bertz CT molecular complexity index is 806. The van der Waals surface area contributed by atoms with Crippen LogP contribution in [0.3, 0.4) is 0 Å². The minimum atomic E-state index is 0. The number of nitrogens with zero attached hydrogens (tertiary/aromatic N) is 2. The number of hydrogen-bond donors (Lipinski definition) is 2. The van der Waals surface area contributed by atoms with Crippen LogP contribution in [0.2, 0.25) is 0 Å². The zero-order chi connectivity index (χ0) is 18.0. The van der Waals surface area contributed by atoms with Crippen LogP contribution in [0.25, 0.3) is 10.8 Å². The first-order chi connectivity index (χ1) is 12.8. The van der Waals surface area contributed by atoms with Crippen LogP contribution in [0.1, 0.15) is 12.1 Å². The number of rotatable bonds is 8. The molecule has 0 bridgehead atoms. The molecule has 144 valence electrons. The van der Waals surface area contributed by atoms with Crippen LogP contribution in [0.15, 0.2) is 63.5 Å². The lowest BCUT2D eigenvalue weighted by molar-refractivity contribution is 0.311. The Balaban J connectivity index is 0.00000261. The van der Waals surface area contributed by atoms with Gasteiger partial charge in [-0.05, 0) is 30.0 Å². The maximum Gasteiger partial charge on any atom is 0.236 e. The number of thiophene rings is 1. The third kappa shape index (κ3) is 6.87. The molecule has 1 aromatic carbocycles. The molecule has 27 heavy (non-hydrogen) atoms. The standard InChI is InChI=1S/C19H22N4O2S.HI/c1-20-19(21-10-6-11-24-16-7-3-2-4-8-16)22-13-15-14-25-18(23-15)17-9-5-12-26-17;/h2-5,7-9,12,14H,6,10-11,13H2,1H3,(H2,20,21,22);1H. The van der Waals surface area contributed by atoms with Crippen LogP contribution >= 0.6 is 35.3 Å². The van der Waals surface area contributed by atoms with E-state index in [-0.39, 0.29) is 24.0 Å². The van der Waals surface area contributed by atoms with Crippen LogP contribution in [-0.2, 0) is 6.54 Å². The fourth-order valence-corrected chi connectivity index (χ4v) is 2.94. The SMILES string of the molecule is CN=C(NCCCOc1ccccc1)NCc1coc(-c2cccs2)n1.I. The maximum absolute atomic E-state index is 5.67. The molecule has 0 saturated carbocycles. The highest BCUT2D eigenvalue weighted by molar-refractivity contribution is 14.0. The molecule has 0 aliphatic carbocycles. The van der Waals surface area contributed by atoms with Crippen molar-refractivity contribution in [1.29, 1.82) is 0 Å². The summed E-state index contributed by atoms with van der Waals surface area (Å²) in [7, 11) is 1.75. The Hall–Kier alpha value is -2.07. The van der Waals surface area contributed by atoms with Crippen LogP contribution < -0.4 is 15.4 Å². The summed E-state index contributed by atoms with van der Waals surface area (Å²) in [6.45, 7) is 1.97. The number of nitrogens with one attached hydrogen (secondary N) is 2. The number of ether oxygens (including phenoxy) is 1. The molecular weight excluding hydrogens is 475 g/mol. The van der Waals surface area contributed by atoms with Crippen LogP contribution in [0.4, 0.5) is 0 Å². The van der Waals surface area contributed by atoms with E-state index in [4.69, 9.17) is 9.15 Å². The molecule has 8 heteroatoms. The van der Waals surface area contributed by atoms with E-state index in [2.05, 4.69) is 20.6 Å². The fourth-order valence-electron chi connectivity index (χ4n) is 2.28. The predicted octanol–water partition coefficient (Wildman–Crippen LogP) is 4.16. The molecule has 0 fully saturated rings. The van der Waals surface area contributed by atoms with Crippen molar-refractivity contribution in [2.45, 2.75) is 13.0 Å². The first-order valence-corrected chi connectivity index (χ1v) is 9.34. The summed E-state index contributed by atoms with van der Waals surface area (Å²) in [5.74, 6) is 2.27. The number of aliphatic imine (C=N–C) groups is 1. The zero-order valence-electron chi connectivity index (χ0n) is 15.1. The van der Waals surface area contributed by atoms with Gasteiger partial charge in [-0.2, -0.15) is 0 Å². The highest BCUT2D eigenvalue weighted by Crippen LogP contribution is 2.23. The molecule has 2 N–H and O–H groups in total.